The summed E-state index contributed by atoms with van der Waals surface area (Å²) in [7, 11) is 3.53. The number of hydrogen-bond donors (Lipinski definition) is 1. The Bertz CT molecular complexity index is 747. The SMILES string of the molecule is Cc1cc(N)ccc1C(=O)N(C)CCN1CCOC(CN(C)C(=O)OC(C)(C)C)C1. The molecule has 8 heteroatoms. The number of likely N-dealkylation sites (N-methyl/N-ethyl adjacent to an activating group) is 2. The highest BCUT2D eigenvalue weighted by Crippen LogP contribution is 2.15. The summed E-state index contributed by atoms with van der Waals surface area (Å²) in [6.07, 6.45) is -0.441. The lowest BCUT2D eigenvalue weighted by Gasteiger charge is -2.35. The number of aryl methyl sites for hydroxylation is 1. The number of morpholine rings is 1. The highest BCUT2D eigenvalue weighted by molar-refractivity contribution is 5.95. The lowest BCUT2D eigenvalue weighted by Crippen LogP contribution is -2.50. The predicted molar refractivity (Wildman–Crippen MR) is 118 cm³/mol. The van der Waals surface area contributed by atoms with E-state index in [1.807, 2.05) is 40.8 Å². The molecule has 0 aliphatic carbocycles. The molecule has 1 heterocycles. The molecule has 168 valence electrons. The largest absolute Gasteiger partial charge is 0.444 e. The highest BCUT2D eigenvalue weighted by Gasteiger charge is 2.26. The lowest BCUT2D eigenvalue weighted by atomic mass is 10.1. The van der Waals surface area contributed by atoms with Crippen molar-refractivity contribution < 1.29 is 19.1 Å². The summed E-state index contributed by atoms with van der Waals surface area (Å²) < 4.78 is 11.2. The zero-order chi connectivity index (χ0) is 22.5. The molecule has 1 aromatic carbocycles. The Morgan fingerprint density at radius 1 is 1.27 bits per heavy atom. The number of nitrogens with zero attached hydrogens (tertiary/aromatic N) is 3. The number of hydrogen-bond acceptors (Lipinski definition) is 6. The molecule has 1 fully saturated rings. The van der Waals surface area contributed by atoms with E-state index in [0.717, 1.165) is 18.7 Å². The first-order chi connectivity index (χ1) is 14.0. The van der Waals surface area contributed by atoms with Crippen molar-refractivity contribution in [3.63, 3.8) is 0 Å². The Morgan fingerprint density at radius 3 is 2.60 bits per heavy atom. The van der Waals surface area contributed by atoms with Crippen LogP contribution in [0.3, 0.4) is 0 Å². The van der Waals surface area contributed by atoms with Gasteiger partial charge in [-0.05, 0) is 51.5 Å². The molecule has 0 spiro atoms. The van der Waals surface area contributed by atoms with E-state index in [-0.39, 0.29) is 18.1 Å². The van der Waals surface area contributed by atoms with Crippen LogP contribution >= 0.6 is 0 Å². The van der Waals surface area contributed by atoms with Crippen molar-refractivity contribution in [3.8, 4) is 0 Å². The third-order valence-electron chi connectivity index (χ3n) is 4.98. The van der Waals surface area contributed by atoms with E-state index in [1.165, 1.54) is 0 Å². The number of nitrogen functional groups attached to an aromatic ring is 1. The van der Waals surface area contributed by atoms with Crippen LogP contribution in [-0.4, -0.2) is 91.8 Å². The van der Waals surface area contributed by atoms with Crippen molar-refractivity contribution in [2.24, 2.45) is 0 Å². The molecule has 0 aromatic heterocycles. The first-order valence-electron chi connectivity index (χ1n) is 10.4. The molecule has 1 unspecified atom stereocenters. The summed E-state index contributed by atoms with van der Waals surface area (Å²) in [5.41, 5.74) is 7.46. The fraction of sp³-hybridized carbons (Fsp3) is 0.636. The van der Waals surface area contributed by atoms with E-state index in [9.17, 15) is 9.59 Å². The van der Waals surface area contributed by atoms with Crippen LogP contribution < -0.4 is 5.73 Å². The van der Waals surface area contributed by atoms with E-state index in [0.29, 0.717) is 37.5 Å². The first-order valence-corrected chi connectivity index (χ1v) is 10.4. The monoisotopic (exact) mass is 420 g/mol. The van der Waals surface area contributed by atoms with Gasteiger partial charge in [0.1, 0.15) is 5.60 Å². The van der Waals surface area contributed by atoms with Crippen LogP contribution in [0.25, 0.3) is 0 Å². The molecule has 8 nitrogen and oxygen atoms in total. The van der Waals surface area contributed by atoms with E-state index in [4.69, 9.17) is 15.2 Å². The zero-order valence-corrected chi connectivity index (χ0v) is 19.1. The van der Waals surface area contributed by atoms with Crippen molar-refractivity contribution in [2.45, 2.75) is 39.4 Å². The van der Waals surface area contributed by atoms with Gasteiger partial charge in [0.05, 0.1) is 19.3 Å². The van der Waals surface area contributed by atoms with Crippen LogP contribution in [0.1, 0.15) is 36.7 Å². The average Bonchev–Trinajstić information content (AvgIpc) is 2.64. The fourth-order valence-electron chi connectivity index (χ4n) is 3.34. The average molecular weight is 421 g/mol. The Hall–Kier alpha value is -2.32. The first kappa shape index (κ1) is 24.0. The molecule has 0 bridgehead atoms. The van der Waals surface area contributed by atoms with Gasteiger partial charge in [-0.15, -0.1) is 0 Å². The van der Waals surface area contributed by atoms with Crippen molar-refractivity contribution >= 4 is 17.7 Å². The number of benzene rings is 1. The number of nitrogens with two attached hydrogens (primary N) is 1. The molecule has 2 N–H and O–H groups in total. The summed E-state index contributed by atoms with van der Waals surface area (Å²) in [6.45, 7) is 11.4. The Kier molecular flexibility index (Phi) is 8.09. The zero-order valence-electron chi connectivity index (χ0n) is 19.1. The van der Waals surface area contributed by atoms with Crippen LogP contribution in [0.4, 0.5) is 10.5 Å². The Labute approximate surface area is 179 Å². The van der Waals surface area contributed by atoms with Crippen LogP contribution in [0.15, 0.2) is 18.2 Å². The molecule has 30 heavy (non-hydrogen) atoms. The summed E-state index contributed by atoms with van der Waals surface area (Å²) in [4.78, 5) is 30.4. The fourth-order valence-corrected chi connectivity index (χ4v) is 3.34. The van der Waals surface area contributed by atoms with Gasteiger partial charge in [0.2, 0.25) is 0 Å². The summed E-state index contributed by atoms with van der Waals surface area (Å²) in [5.74, 6) is -0.0121. The minimum Gasteiger partial charge on any atom is -0.444 e. The maximum atomic E-state index is 12.7. The molecule has 1 saturated heterocycles. The van der Waals surface area contributed by atoms with Crippen molar-refractivity contribution in [1.82, 2.24) is 14.7 Å². The number of carbonyl (C=O) groups is 2. The molecule has 1 aromatic rings. The van der Waals surface area contributed by atoms with Crippen molar-refractivity contribution in [2.75, 3.05) is 59.2 Å². The molecular weight excluding hydrogens is 384 g/mol. The normalized spacial score (nSPS) is 17.5. The van der Waals surface area contributed by atoms with Crippen LogP contribution in [-0.2, 0) is 9.47 Å². The Balaban J connectivity index is 1.83. The summed E-state index contributed by atoms with van der Waals surface area (Å²) in [6, 6.07) is 5.34. The second-order valence-corrected chi connectivity index (χ2v) is 8.96. The van der Waals surface area contributed by atoms with Gasteiger partial charge in [-0.1, -0.05) is 0 Å². The van der Waals surface area contributed by atoms with Crippen LogP contribution in [0.5, 0.6) is 0 Å². The number of amides is 2. The van der Waals surface area contributed by atoms with Gasteiger partial charge in [0, 0.05) is 51.5 Å². The van der Waals surface area contributed by atoms with Gasteiger partial charge >= 0.3 is 6.09 Å². The molecule has 1 atom stereocenters. The molecule has 1 aliphatic heterocycles. The lowest BCUT2D eigenvalue weighted by molar-refractivity contribution is -0.0452. The van der Waals surface area contributed by atoms with E-state index < -0.39 is 5.60 Å². The number of rotatable bonds is 6. The van der Waals surface area contributed by atoms with Gasteiger partial charge in [0.15, 0.2) is 0 Å². The standard InChI is InChI=1S/C22H36N4O4/c1-16-13-17(23)7-8-19(16)20(27)24(5)9-10-26-11-12-29-18(15-26)14-25(6)21(28)30-22(2,3)4/h7-8,13,18H,9-12,14-15,23H2,1-6H3. The van der Waals surface area contributed by atoms with E-state index >= 15 is 0 Å². The highest BCUT2D eigenvalue weighted by atomic mass is 16.6. The third-order valence-corrected chi connectivity index (χ3v) is 4.98. The summed E-state index contributed by atoms with van der Waals surface area (Å²) >= 11 is 0. The minimum atomic E-state index is -0.523. The number of ether oxygens (including phenoxy) is 2. The molecule has 2 rings (SSSR count). The number of carbonyl (C=O) groups excluding carboxylic acids is 2. The third kappa shape index (κ3) is 7.18. The topological polar surface area (TPSA) is 88.3 Å². The van der Waals surface area contributed by atoms with Gasteiger partial charge in [-0.2, -0.15) is 0 Å². The van der Waals surface area contributed by atoms with Crippen LogP contribution in [0.2, 0.25) is 0 Å². The van der Waals surface area contributed by atoms with Gasteiger partial charge in [-0.3, -0.25) is 9.69 Å². The van der Waals surface area contributed by atoms with Crippen molar-refractivity contribution in [3.05, 3.63) is 29.3 Å². The molecule has 0 saturated carbocycles. The van der Waals surface area contributed by atoms with E-state index in [1.54, 1.807) is 29.0 Å². The smallest absolute Gasteiger partial charge is 0.410 e. The maximum absolute atomic E-state index is 12.7. The second kappa shape index (κ2) is 10.1. The van der Waals surface area contributed by atoms with Gasteiger partial charge in [0.25, 0.3) is 5.91 Å². The van der Waals surface area contributed by atoms with Gasteiger partial charge in [-0.25, -0.2) is 4.79 Å². The van der Waals surface area contributed by atoms with Crippen LogP contribution in [0, 0.1) is 6.92 Å². The number of anilines is 1. The molecular formula is C22H36N4O4. The molecule has 0 radical (unpaired) electrons. The quantitative estimate of drug-likeness (QED) is 0.710. The molecule has 2 amide bonds. The minimum absolute atomic E-state index is 0.0121. The Morgan fingerprint density at radius 2 is 1.97 bits per heavy atom. The second-order valence-electron chi connectivity index (χ2n) is 8.96. The predicted octanol–water partition coefficient (Wildman–Crippen LogP) is 2.22. The summed E-state index contributed by atoms with van der Waals surface area (Å²) in [5, 5.41) is 0. The van der Waals surface area contributed by atoms with Gasteiger partial charge < -0.3 is 25.0 Å². The maximum Gasteiger partial charge on any atom is 0.410 e. The van der Waals surface area contributed by atoms with E-state index in [2.05, 4.69) is 4.90 Å². The molecule has 1 aliphatic rings. The van der Waals surface area contributed by atoms with Crippen molar-refractivity contribution in [1.29, 1.82) is 0 Å².